The second-order valence-corrected chi connectivity index (χ2v) is 7.88. The van der Waals surface area contributed by atoms with Crippen LogP contribution in [0.15, 0.2) is 36.4 Å². The lowest BCUT2D eigenvalue weighted by atomic mass is 9.77. The number of rotatable bonds is 6. The van der Waals surface area contributed by atoms with Gasteiger partial charge in [0.1, 0.15) is 11.8 Å². The smallest absolute Gasteiger partial charge is 0.235 e. The fourth-order valence-electron chi connectivity index (χ4n) is 3.75. The zero-order chi connectivity index (χ0) is 20.1. The van der Waals surface area contributed by atoms with Crippen molar-refractivity contribution in [1.82, 2.24) is 0 Å². The maximum Gasteiger partial charge on any atom is 0.235 e. The molecule has 146 valence electrons. The van der Waals surface area contributed by atoms with Crippen LogP contribution < -0.4 is 10.1 Å². The molecular weight excluding hydrogens is 395 g/mol. The number of anilines is 1. The Kier molecular flexibility index (Phi) is 6.49. The Bertz CT molecular complexity index is 915. The van der Waals surface area contributed by atoms with Crippen molar-refractivity contribution in [2.45, 2.75) is 44.4 Å². The SMILES string of the molecule is CCCOc1ccc(NC(=O)C2(c3ccc(Cl)cc3Cl)CCCC2)c(C#N)c1. The Labute approximate surface area is 175 Å². The Morgan fingerprint density at radius 2 is 1.96 bits per heavy atom. The molecule has 0 bridgehead atoms. The molecule has 0 saturated heterocycles. The van der Waals surface area contributed by atoms with Crippen LogP contribution in [0.25, 0.3) is 0 Å². The monoisotopic (exact) mass is 416 g/mol. The maximum atomic E-state index is 13.4. The first kappa shape index (κ1) is 20.5. The molecule has 1 saturated carbocycles. The third-order valence-corrected chi connectivity index (χ3v) is 5.72. The van der Waals surface area contributed by atoms with E-state index < -0.39 is 5.41 Å². The second-order valence-electron chi connectivity index (χ2n) is 7.04. The van der Waals surface area contributed by atoms with E-state index in [-0.39, 0.29) is 5.91 Å². The summed E-state index contributed by atoms with van der Waals surface area (Å²) in [4.78, 5) is 13.4. The van der Waals surface area contributed by atoms with Gasteiger partial charge in [-0.25, -0.2) is 0 Å². The van der Waals surface area contributed by atoms with Gasteiger partial charge in [0.2, 0.25) is 5.91 Å². The van der Waals surface area contributed by atoms with Gasteiger partial charge in [-0.1, -0.05) is 49.0 Å². The number of hydrogen-bond donors (Lipinski definition) is 1. The number of nitrogens with zero attached hydrogens (tertiary/aromatic N) is 1. The van der Waals surface area contributed by atoms with Gasteiger partial charge in [0.05, 0.1) is 23.3 Å². The van der Waals surface area contributed by atoms with Crippen LogP contribution in [0.1, 0.15) is 50.2 Å². The molecule has 28 heavy (non-hydrogen) atoms. The molecule has 3 rings (SSSR count). The molecule has 1 aliphatic carbocycles. The van der Waals surface area contributed by atoms with Crippen molar-refractivity contribution in [2.75, 3.05) is 11.9 Å². The Balaban J connectivity index is 1.91. The van der Waals surface area contributed by atoms with Gasteiger partial charge in [-0.3, -0.25) is 4.79 Å². The summed E-state index contributed by atoms with van der Waals surface area (Å²) in [6, 6.07) is 12.5. The minimum atomic E-state index is -0.716. The van der Waals surface area contributed by atoms with Gasteiger partial charge < -0.3 is 10.1 Å². The van der Waals surface area contributed by atoms with Gasteiger partial charge in [0.25, 0.3) is 0 Å². The molecule has 6 heteroatoms. The Morgan fingerprint density at radius 1 is 1.21 bits per heavy atom. The standard InChI is InChI=1S/C22H22Cl2N2O2/c1-2-11-28-17-6-8-20(15(12-17)14-25)26-21(27)22(9-3-4-10-22)18-7-5-16(23)13-19(18)24/h5-8,12-13H,2-4,9-11H2,1H3,(H,26,27). The highest BCUT2D eigenvalue weighted by Gasteiger charge is 2.44. The van der Waals surface area contributed by atoms with Crippen LogP contribution in [0, 0.1) is 11.3 Å². The van der Waals surface area contributed by atoms with E-state index in [1.165, 1.54) is 0 Å². The zero-order valence-corrected chi connectivity index (χ0v) is 17.2. The molecule has 1 amide bonds. The summed E-state index contributed by atoms with van der Waals surface area (Å²) in [7, 11) is 0. The number of carbonyl (C=O) groups is 1. The van der Waals surface area contributed by atoms with Gasteiger partial charge in [-0.2, -0.15) is 5.26 Å². The molecule has 0 heterocycles. The molecule has 2 aromatic carbocycles. The van der Waals surface area contributed by atoms with Crippen molar-refractivity contribution in [1.29, 1.82) is 5.26 Å². The third-order valence-electron chi connectivity index (χ3n) is 5.17. The molecule has 0 aromatic heterocycles. The van der Waals surface area contributed by atoms with Crippen molar-refractivity contribution in [3.8, 4) is 11.8 Å². The van der Waals surface area contributed by atoms with Gasteiger partial charge in [0.15, 0.2) is 0 Å². The summed E-state index contributed by atoms with van der Waals surface area (Å²) in [6.07, 6.45) is 4.19. The number of nitriles is 1. The van der Waals surface area contributed by atoms with Crippen molar-refractivity contribution in [2.24, 2.45) is 0 Å². The van der Waals surface area contributed by atoms with Crippen LogP contribution in [-0.4, -0.2) is 12.5 Å². The Morgan fingerprint density at radius 3 is 2.61 bits per heavy atom. The minimum Gasteiger partial charge on any atom is -0.494 e. The van der Waals surface area contributed by atoms with Crippen molar-refractivity contribution in [3.05, 3.63) is 57.6 Å². The van der Waals surface area contributed by atoms with Crippen LogP contribution in [0.5, 0.6) is 5.75 Å². The summed E-state index contributed by atoms with van der Waals surface area (Å²) < 4.78 is 5.58. The highest BCUT2D eigenvalue weighted by molar-refractivity contribution is 6.35. The lowest BCUT2D eigenvalue weighted by Gasteiger charge is -2.29. The molecule has 1 fully saturated rings. The molecule has 0 unspecified atom stereocenters. The number of benzene rings is 2. The number of halogens is 2. The first-order chi connectivity index (χ1) is 13.5. The fourth-order valence-corrected chi connectivity index (χ4v) is 4.34. The van der Waals surface area contributed by atoms with Crippen LogP contribution in [0.3, 0.4) is 0 Å². The van der Waals surface area contributed by atoms with E-state index in [9.17, 15) is 10.1 Å². The van der Waals surface area contributed by atoms with E-state index in [1.54, 1.807) is 30.3 Å². The highest BCUT2D eigenvalue weighted by atomic mass is 35.5. The molecule has 2 aromatic rings. The van der Waals surface area contributed by atoms with Gasteiger partial charge in [-0.15, -0.1) is 0 Å². The molecular formula is C22H22Cl2N2O2. The molecule has 0 atom stereocenters. The third kappa shape index (κ3) is 4.11. The predicted molar refractivity (Wildman–Crippen MR) is 112 cm³/mol. The quantitative estimate of drug-likeness (QED) is 0.617. The number of nitrogens with one attached hydrogen (secondary N) is 1. The predicted octanol–water partition coefficient (Wildman–Crippen LogP) is 6.10. The van der Waals surface area contributed by atoms with Gasteiger partial charge in [0, 0.05) is 10.0 Å². The van der Waals surface area contributed by atoms with Crippen LogP contribution in [0.2, 0.25) is 10.0 Å². The first-order valence-corrected chi connectivity index (χ1v) is 10.2. The molecule has 0 spiro atoms. The summed E-state index contributed by atoms with van der Waals surface area (Å²) in [5.41, 5.74) is 0.922. The summed E-state index contributed by atoms with van der Waals surface area (Å²) >= 11 is 12.5. The second kappa shape index (κ2) is 8.86. The van der Waals surface area contributed by atoms with E-state index >= 15 is 0 Å². The molecule has 1 N–H and O–H groups in total. The van der Waals surface area contributed by atoms with E-state index in [2.05, 4.69) is 11.4 Å². The largest absolute Gasteiger partial charge is 0.494 e. The van der Waals surface area contributed by atoms with E-state index in [0.717, 1.165) is 24.8 Å². The molecule has 1 aliphatic rings. The number of ether oxygens (including phenoxy) is 1. The topological polar surface area (TPSA) is 62.1 Å². The van der Waals surface area contributed by atoms with Gasteiger partial charge in [-0.05, 0) is 55.2 Å². The summed E-state index contributed by atoms with van der Waals surface area (Å²) in [5, 5.41) is 13.5. The number of hydrogen-bond acceptors (Lipinski definition) is 3. The average molecular weight is 417 g/mol. The van der Waals surface area contributed by atoms with E-state index in [1.807, 2.05) is 13.0 Å². The van der Waals surface area contributed by atoms with Gasteiger partial charge >= 0.3 is 0 Å². The lowest BCUT2D eigenvalue weighted by Crippen LogP contribution is -2.38. The lowest BCUT2D eigenvalue weighted by molar-refractivity contribution is -0.121. The van der Waals surface area contributed by atoms with Crippen LogP contribution in [0.4, 0.5) is 5.69 Å². The van der Waals surface area contributed by atoms with E-state index in [0.29, 0.717) is 46.5 Å². The fraction of sp³-hybridized carbons (Fsp3) is 0.364. The minimum absolute atomic E-state index is 0.145. The van der Waals surface area contributed by atoms with Crippen molar-refractivity contribution < 1.29 is 9.53 Å². The summed E-state index contributed by atoms with van der Waals surface area (Å²) in [5.74, 6) is 0.473. The average Bonchev–Trinajstić information content (AvgIpc) is 3.18. The zero-order valence-electron chi connectivity index (χ0n) is 15.7. The number of carbonyl (C=O) groups excluding carboxylic acids is 1. The maximum absolute atomic E-state index is 13.4. The normalized spacial score (nSPS) is 15.1. The molecule has 4 nitrogen and oxygen atoms in total. The van der Waals surface area contributed by atoms with Crippen LogP contribution in [-0.2, 0) is 10.2 Å². The first-order valence-electron chi connectivity index (χ1n) is 9.44. The van der Waals surface area contributed by atoms with E-state index in [4.69, 9.17) is 27.9 Å². The Hall–Kier alpha value is -2.22. The van der Waals surface area contributed by atoms with Crippen molar-refractivity contribution >= 4 is 34.8 Å². The number of amides is 1. The highest BCUT2D eigenvalue weighted by Crippen LogP contribution is 2.45. The van der Waals surface area contributed by atoms with Crippen LogP contribution >= 0.6 is 23.2 Å². The summed E-state index contributed by atoms with van der Waals surface area (Å²) in [6.45, 7) is 2.59. The van der Waals surface area contributed by atoms with Crippen molar-refractivity contribution in [3.63, 3.8) is 0 Å². The molecule has 0 radical (unpaired) electrons. The molecule has 0 aliphatic heterocycles.